The van der Waals surface area contributed by atoms with Gasteiger partial charge in [-0.15, -0.1) is 0 Å². The van der Waals surface area contributed by atoms with Crippen LogP contribution >= 0.6 is 0 Å². The fourth-order valence-electron chi connectivity index (χ4n) is 2.24. The third-order valence-electron chi connectivity index (χ3n) is 3.16. The molecule has 0 unspecified atom stereocenters. The van der Waals surface area contributed by atoms with Crippen LogP contribution < -0.4 is 5.32 Å². The van der Waals surface area contributed by atoms with E-state index in [0.717, 1.165) is 22.8 Å². The van der Waals surface area contributed by atoms with Gasteiger partial charge in [0.05, 0.1) is 29.0 Å². The Morgan fingerprint density at radius 1 is 1.47 bits per heavy atom. The molecule has 98 valence electrons. The quantitative estimate of drug-likeness (QED) is 0.748. The van der Waals surface area contributed by atoms with Crippen LogP contribution in [0.4, 0.5) is 0 Å². The summed E-state index contributed by atoms with van der Waals surface area (Å²) >= 11 is 0. The Balaban J connectivity index is 2.22. The molecule has 0 saturated heterocycles. The Labute approximate surface area is 109 Å². The van der Waals surface area contributed by atoms with E-state index < -0.39 is 0 Å². The lowest BCUT2D eigenvalue weighted by Crippen LogP contribution is -2.23. The van der Waals surface area contributed by atoms with E-state index in [4.69, 9.17) is 0 Å². The van der Waals surface area contributed by atoms with Gasteiger partial charge in [-0.3, -0.25) is 4.79 Å². The minimum Gasteiger partial charge on any atom is -0.352 e. The first-order chi connectivity index (χ1) is 9.22. The molecule has 0 atom stereocenters. The summed E-state index contributed by atoms with van der Waals surface area (Å²) in [7, 11) is 1.91. The van der Waals surface area contributed by atoms with Gasteiger partial charge in [0.25, 0.3) is 5.91 Å². The molecule has 2 N–H and O–H groups in total. The molecule has 0 radical (unpaired) electrons. The number of imidazole rings is 1. The van der Waals surface area contributed by atoms with Gasteiger partial charge in [0.1, 0.15) is 11.2 Å². The molecule has 6 nitrogen and oxygen atoms in total. The van der Waals surface area contributed by atoms with Crippen LogP contribution in [0.25, 0.3) is 22.1 Å². The zero-order valence-corrected chi connectivity index (χ0v) is 10.9. The first kappa shape index (κ1) is 11.7. The summed E-state index contributed by atoms with van der Waals surface area (Å²) in [5, 5.41) is 3.71. The van der Waals surface area contributed by atoms with E-state index in [1.807, 2.05) is 18.5 Å². The maximum atomic E-state index is 12.2. The van der Waals surface area contributed by atoms with Crippen LogP contribution in [0.15, 0.2) is 18.7 Å². The van der Waals surface area contributed by atoms with Crippen molar-refractivity contribution < 1.29 is 4.79 Å². The van der Waals surface area contributed by atoms with Gasteiger partial charge in [-0.25, -0.2) is 9.97 Å². The van der Waals surface area contributed by atoms with Crippen molar-refractivity contribution in [2.45, 2.75) is 13.3 Å². The molecule has 0 bridgehead atoms. The molecular formula is C13H15N5O. The summed E-state index contributed by atoms with van der Waals surface area (Å²) in [4.78, 5) is 23.8. The second kappa shape index (κ2) is 4.38. The number of carbonyl (C=O) groups is 1. The van der Waals surface area contributed by atoms with E-state index in [1.165, 1.54) is 0 Å². The van der Waals surface area contributed by atoms with Crippen LogP contribution in [0.5, 0.6) is 0 Å². The molecule has 0 aliphatic rings. The second-order valence-electron chi connectivity index (χ2n) is 4.53. The summed E-state index contributed by atoms with van der Waals surface area (Å²) in [5.41, 5.74) is 3.04. The number of aromatic nitrogens is 4. The highest BCUT2D eigenvalue weighted by molar-refractivity contribution is 6.14. The molecule has 0 aliphatic heterocycles. The van der Waals surface area contributed by atoms with E-state index in [-0.39, 0.29) is 5.91 Å². The third kappa shape index (κ3) is 1.76. The molecule has 19 heavy (non-hydrogen) atoms. The smallest absolute Gasteiger partial charge is 0.253 e. The van der Waals surface area contributed by atoms with Crippen LogP contribution in [-0.4, -0.2) is 32.0 Å². The number of H-pyrrole nitrogens is 1. The first-order valence-corrected chi connectivity index (χ1v) is 6.27. The molecule has 3 aromatic heterocycles. The molecule has 3 aromatic rings. The highest BCUT2D eigenvalue weighted by Crippen LogP contribution is 2.25. The van der Waals surface area contributed by atoms with E-state index in [9.17, 15) is 4.79 Å². The summed E-state index contributed by atoms with van der Waals surface area (Å²) in [6.07, 6.45) is 6.05. The van der Waals surface area contributed by atoms with E-state index in [1.54, 1.807) is 18.7 Å². The van der Waals surface area contributed by atoms with E-state index >= 15 is 0 Å². The molecule has 3 rings (SSSR count). The number of hydrogen-bond acceptors (Lipinski definition) is 3. The average molecular weight is 257 g/mol. The highest BCUT2D eigenvalue weighted by atomic mass is 16.1. The Kier molecular flexibility index (Phi) is 2.70. The number of amides is 1. The lowest BCUT2D eigenvalue weighted by molar-refractivity contribution is 0.0955. The number of rotatable bonds is 3. The minimum absolute atomic E-state index is 0.0800. The van der Waals surface area contributed by atoms with Crippen LogP contribution in [-0.2, 0) is 7.05 Å². The topological polar surface area (TPSA) is 75.6 Å². The molecule has 0 saturated carbocycles. The minimum atomic E-state index is -0.0800. The fraction of sp³-hybridized carbons (Fsp3) is 0.308. The normalized spacial score (nSPS) is 11.3. The van der Waals surface area contributed by atoms with Crippen molar-refractivity contribution in [2.75, 3.05) is 6.54 Å². The van der Waals surface area contributed by atoms with Crippen LogP contribution in [0.2, 0.25) is 0 Å². The van der Waals surface area contributed by atoms with Crippen molar-refractivity contribution in [3.63, 3.8) is 0 Å². The molecule has 6 heteroatoms. The number of carbonyl (C=O) groups excluding carboxylic acids is 1. The number of hydrogen-bond donors (Lipinski definition) is 2. The zero-order chi connectivity index (χ0) is 13.4. The zero-order valence-electron chi connectivity index (χ0n) is 10.9. The number of nitrogens with one attached hydrogen (secondary N) is 2. The number of nitrogens with zero attached hydrogens (tertiary/aromatic N) is 3. The van der Waals surface area contributed by atoms with Gasteiger partial charge in [0.2, 0.25) is 0 Å². The SMILES string of the molecule is CCCNC(=O)c1c[nH]c2ncc3ncn(C)c3c12. The maximum Gasteiger partial charge on any atom is 0.253 e. The fourth-order valence-corrected chi connectivity index (χ4v) is 2.24. The summed E-state index contributed by atoms with van der Waals surface area (Å²) in [6, 6.07) is 0. The van der Waals surface area contributed by atoms with E-state index in [2.05, 4.69) is 20.3 Å². The van der Waals surface area contributed by atoms with Crippen molar-refractivity contribution in [3.8, 4) is 0 Å². The van der Waals surface area contributed by atoms with Crippen molar-refractivity contribution in [1.82, 2.24) is 24.8 Å². The first-order valence-electron chi connectivity index (χ1n) is 6.27. The van der Waals surface area contributed by atoms with Crippen LogP contribution in [0, 0.1) is 0 Å². The second-order valence-corrected chi connectivity index (χ2v) is 4.53. The molecule has 0 aromatic carbocycles. The Morgan fingerprint density at radius 3 is 3.11 bits per heavy atom. The van der Waals surface area contributed by atoms with Crippen LogP contribution in [0.1, 0.15) is 23.7 Å². The predicted octanol–water partition coefficient (Wildman–Crippen LogP) is 1.59. The number of aryl methyl sites for hydroxylation is 1. The van der Waals surface area contributed by atoms with Crippen molar-refractivity contribution in [3.05, 3.63) is 24.3 Å². The van der Waals surface area contributed by atoms with Gasteiger partial charge in [0, 0.05) is 19.8 Å². The number of aromatic amines is 1. The Bertz CT molecular complexity index is 755. The summed E-state index contributed by atoms with van der Waals surface area (Å²) in [5.74, 6) is -0.0800. The monoisotopic (exact) mass is 257 g/mol. The van der Waals surface area contributed by atoms with Gasteiger partial charge in [-0.1, -0.05) is 6.92 Å². The number of fused-ring (bicyclic) bond motifs is 3. The number of pyridine rings is 1. The van der Waals surface area contributed by atoms with Crippen molar-refractivity contribution in [2.24, 2.45) is 7.05 Å². The maximum absolute atomic E-state index is 12.2. The molecule has 1 amide bonds. The Hall–Kier alpha value is -2.37. The van der Waals surface area contributed by atoms with Crippen molar-refractivity contribution in [1.29, 1.82) is 0 Å². The van der Waals surface area contributed by atoms with E-state index in [0.29, 0.717) is 17.8 Å². The van der Waals surface area contributed by atoms with Gasteiger partial charge in [-0.05, 0) is 6.42 Å². The van der Waals surface area contributed by atoms with Gasteiger partial charge in [-0.2, -0.15) is 0 Å². The molecular weight excluding hydrogens is 242 g/mol. The van der Waals surface area contributed by atoms with Crippen molar-refractivity contribution >= 4 is 28.0 Å². The highest BCUT2D eigenvalue weighted by Gasteiger charge is 2.17. The van der Waals surface area contributed by atoms with Gasteiger partial charge in [0.15, 0.2) is 0 Å². The third-order valence-corrected chi connectivity index (χ3v) is 3.16. The van der Waals surface area contributed by atoms with Crippen LogP contribution in [0.3, 0.4) is 0 Å². The molecule has 3 heterocycles. The van der Waals surface area contributed by atoms with Gasteiger partial charge >= 0.3 is 0 Å². The average Bonchev–Trinajstić information content (AvgIpc) is 2.99. The summed E-state index contributed by atoms with van der Waals surface area (Å²) in [6.45, 7) is 2.69. The summed E-state index contributed by atoms with van der Waals surface area (Å²) < 4.78 is 1.91. The molecule has 0 fully saturated rings. The van der Waals surface area contributed by atoms with Gasteiger partial charge < -0.3 is 14.9 Å². The predicted molar refractivity (Wildman–Crippen MR) is 73.0 cm³/mol. The standard InChI is InChI=1S/C13H15N5O/c1-3-4-14-13(19)8-5-15-12-10(8)11-9(6-16-12)17-7-18(11)2/h5-7H,3-4H2,1-2H3,(H,14,19)(H,15,16). The molecule has 0 aliphatic carbocycles. The lowest BCUT2D eigenvalue weighted by atomic mass is 10.2. The lowest BCUT2D eigenvalue weighted by Gasteiger charge is -2.03. The Morgan fingerprint density at radius 2 is 2.32 bits per heavy atom. The molecule has 0 spiro atoms. The largest absolute Gasteiger partial charge is 0.352 e.